The number of halogens is 2. The molecule has 1 saturated carbocycles. The van der Waals surface area contributed by atoms with Gasteiger partial charge in [0.05, 0.1) is 16.8 Å². The summed E-state index contributed by atoms with van der Waals surface area (Å²) in [5.74, 6) is -3.71. The zero-order valence-corrected chi connectivity index (χ0v) is 22.9. The van der Waals surface area contributed by atoms with E-state index in [1.165, 1.54) is 6.07 Å². The molecule has 9 heteroatoms. The van der Waals surface area contributed by atoms with Gasteiger partial charge >= 0.3 is 5.97 Å². The Bertz CT molecular complexity index is 1670. The molecule has 3 aromatic carbocycles. The summed E-state index contributed by atoms with van der Waals surface area (Å²) >= 11 is 0. The molecule has 1 aliphatic rings. The Labute approximate surface area is 241 Å². The van der Waals surface area contributed by atoms with Gasteiger partial charge in [-0.2, -0.15) is 0 Å². The van der Waals surface area contributed by atoms with Crippen LogP contribution < -0.4 is 16.6 Å². The third kappa shape index (κ3) is 5.73. The number of carbonyl (C=O) groups is 2. The Balaban J connectivity index is 1.41. The maximum absolute atomic E-state index is 14.3. The zero-order chi connectivity index (χ0) is 29.9. The van der Waals surface area contributed by atoms with Gasteiger partial charge in [-0.1, -0.05) is 55.3 Å². The standard InChI is InChI=1S/C33H31F2N3O4/c34-24-12-15-26(28(35)18-24)30(40)27-16-17-29(39)38(31(27)36)25-13-10-22(11-14-25)20-37-33(32(41)42,23-8-4-5-9-23)19-21-6-2-1-3-7-21/h1-3,6-7,10-18,23,37H,4-5,8-9,19-20,36H2,(H,41,42). The molecular formula is C33H31F2N3O4. The Hall–Kier alpha value is -4.63. The highest BCUT2D eigenvalue weighted by Crippen LogP contribution is 2.37. The highest BCUT2D eigenvalue weighted by molar-refractivity contribution is 6.11. The van der Waals surface area contributed by atoms with Gasteiger partial charge in [-0.25, -0.2) is 8.78 Å². The van der Waals surface area contributed by atoms with Crippen LogP contribution in [0, 0.1) is 17.6 Å². The summed E-state index contributed by atoms with van der Waals surface area (Å²) in [4.78, 5) is 38.6. The lowest BCUT2D eigenvalue weighted by Gasteiger charge is -2.36. The summed E-state index contributed by atoms with van der Waals surface area (Å²) < 4.78 is 28.8. The smallest absolute Gasteiger partial charge is 0.324 e. The second kappa shape index (κ2) is 12.1. The van der Waals surface area contributed by atoms with E-state index in [0.717, 1.165) is 59.6 Å². The molecule has 0 spiro atoms. The Morgan fingerprint density at radius 1 is 0.905 bits per heavy atom. The summed E-state index contributed by atoms with van der Waals surface area (Å²) in [5, 5.41) is 13.9. The fraction of sp³-hybridized carbons (Fsp3) is 0.242. The van der Waals surface area contributed by atoms with Crippen molar-refractivity contribution in [3.63, 3.8) is 0 Å². The van der Waals surface area contributed by atoms with Crippen LogP contribution in [-0.4, -0.2) is 27.0 Å². The van der Waals surface area contributed by atoms with Gasteiger partial charge in [-0.15, -0.1) is 0 Å². The molecule has 216 valence electrons. The van der Waals surface area contributed by atoms with E-state index in [2.05, 4.69) is 5.32 Å². The molecule has 1 fully saturated rings. The average Bonchev–Trinajstić information content (AvgIpc) is 3.52. The van der Waals surface area contributed by atoms with Crippen molar-refractivity contribution in [1.82, 2.24) is 9.88 Å². The highest BCUT2D eigenvalue weighted by Gasteiger charge is 2.46. The lowest BCUT2D eigenvalue weighted by atomic mass is 9.77. The molecule has 0 saturated heterocycles. The van der Waals surface area contributed by atoms with Crippen molar-refractivity contribution in [2.45, 2.75) is 44.2 Å². The minimum atomic E-state index is -1.14. The number of nitrogens with one attached hydrogen (secondary N) is 1. The first-order valence-corrected chi connectivity index (χ1v) is 13.8. The largest absolute Gasteiger partial charge is 0.480 e. The fourth-order valence-electron chi connectivity index (χ4n) is 5.87. The average molecular weight is 572 g/mol. The van der Waals surface area contributed by atoms with Crippen molar-refractivity contribution in [1.29, 1.82) is 0 Å². The number of anilines is 1. The van der Waals surface area contributed by atoms with Gasteiger partial charge in [0.25, 0.3) is 5.56 Å². The van der Waals surface area contributed by atoms with E-state index in [4.69, 9.17) is 5.73 Å². The third-order valence-electron chi connectivity index (χ3n) is 8.11. The molecule has 0 amide bonds. The van der Waals surface area contributed by atoms with E-state index in [1.807, 2.05) is 30.3 Å². The van der Waals surface area contributed by atoms with Crippen LogP contribution in [0.15, 0.2) is 89.7 Å². The lowest BCUT2D eigenvalue weighted by molar-refractivity contribution is -0.147. The predicted octanol–water partition coefficient (Wildman–Crippen LogP) is 5.27. The minimum Gasteiger partial charge on any atom is -0.480 e. The van der Waals surface area contributed by atoms with E-state index >= 15 is 0 Å². The fourth-order valence-corrected chi connectivity index (χ4v) is 5.87. The van der Waals surface area contributed by atoms with Gasteiger partial charge in [-0.05, 0) is 60.2 Å². The molecule has 0 aliphatic heterocycles. The van der Waals surface area contributed by atoms with Crippen molar-refractivity contribution in [3.05, 3.63) is 129 Å². The topological polar surface area (TPSA) is 114 Å². The van der Waals surface area contributed by atoms with E-state index < -0.39 is 34.5 Å². The van der Waals surface area contributed by atoms with E-state index in [1.54, 1.807) is 24.3 Å². The molecule has 0 radical (unpaired) electrons. The van der Waals surface area contributed by atoms with Crippen molar-refractivity contribution in [2.75, 3.05) is 5.73 Å². The summed E-state index contributed by atoms with van der Waals surface area (Å²) in [6, 6.07) is 21.4. The molecule has 1 aliphatic carbocycles. The maximum atomic E-state index is 14.3. The number of ketones is 1. The number of nitrogens with zero attached hydrogens (tertiary/aromatic N) is 1. The van der Waals surface area contributed by atoms with Crippen LogP contribution >= 0.6 is 0 Å². The number of benzene rings is 3. The summed E-state index contributed by atoms with van der Waals surface area (Å²) in [6.07, 6.45) is 4.02. The SMILES string of the molecule is Nc1c(C(=O)c2ccc(F)cc2F)ccc(=O)n1-c1ccc(CNC(Cc2ccccc2)(C(=O)O)C2CCCC2)cc1. The van der Waals surface area contributed by atoms with Crippen LogP contribution in [0.2, 0.25) is 0 Å². The molecule has 4 N–H and O–H groups in total. The number of carboxylic acids is 1. The molecular weight excluding hydrogens is 540 g/mol. The van der Waals surface area contributed by atoms with E-state index in [-0.39, 0.29) is 29.4 Å². The normalized spacial score (nSPS) is 14.9. The number of carboxylic acid groups (broad SMARTS) is 1. The highest BCUT2D eigenvalue weighted by atomic mass is 19.1. The molecule has 1 aromatic heterocycles. The molecule has 1 unspecified atom stereocenters. The first-order valence-electron chi connectivity index (χ1n) is 13.8. The molecule has 7 nitrogen and oxygen atoms in total. The zero-order valence-electron chi connectivity index (χ0n) is 22.9. The van der Waals surface area contributed by atoms with Crippen LogP contribution in [0.4, 0.5) is 14.6 Å². The summed E-state index contributed by atoms with van der Waals surface area (Å²) in [6.45, 7) is 0.280. The first kappa shape index (κ1) is 28.9. The van der Waals surface area contributed by atoms with Crippen LogP contribution in [-0.2, 0) is 17.8 Å². The second-order valence-electron chi connectivity index (χ2n) is 10.7. The van der Waals surface area contributed by atoms with Gasteiger partial charge in [0, 0.05) is 25.1 Å². The van der Waals surface area contributed by atoms with Crippen LogP contribution in [0.1, 0.15) is 52.7 Å². The van der Waals surface area contributed by atoms with Crippen molar-refractivity contribution < 1.29 is 23.5 Å². The molecule has 4 aromatic rings. The monoisotopic (exact) mass is 571 g/mol. The van der Waals surface area contributed by atoms with Crippen molar-refractivity contribution in [3.8, 4) is 5.69 Å². The number of carbonyl (C=O) groups excluding carboxylic acids is 1. The number of rotatable bonds is 10. The predicted molar refractivity (Wildman–Crippen MR) is 156 cm³/mol. The quantitative estimate of drug-likeness (QED) is 0.223. The molecule has 0 bridgehead atoms. The third-order valence-corrected chi connectivity index (χ3v) is 8.11. The number of nitrogen functional groups attached to an aromatic ring is 1. The molecule has 42 heavy (non-hydrogen) atoms. The lowest BCUT2D eigenvalue weighted by Crippen LogP contribution is -2.58. The summed E-state index contributed by atoms with van der Waals surface area (Å²) in [7, 11) is 0. The molecule has 5 rings (SSSR count). The molecule has 1 heterocycles. The Morgan fingerprint density at radius 3 is 2.21 bits per heavy atom. The Morgan fingerprint density at radius 2 is 1.57 bits per heavy atom. The number of hydrogen-bond acceptors (Lipinski definition) is 5. The van der Waals surface area contributed by atoms with Crippen LogP contribution in [0.5, 0.6) is 0 Å². The van der Waals surface area contributed by atoms with Gasteiger partial charge < -0.3 is 10.8 Å². The van der Waals surface area contributed by atoms with Crippen LogP contribution in [0.3, 0.4) is 0 Å². The van der Waals surface area contributed by atoms with Gasteiger partial charge in [-0.3, -0.25) is 24.3 Å². The maximum Gasteiger partial charge on any atom is 0.324 e. The van der Waals surface area contributed by atoms with Crippen molar-refractivity contribution >= 4 is 17.6 Å². The van der Waals surface area contributed by atoms with Crippen molar-refractivity contribution in [2.24, 2.45) is 5.92 Å². The molecule has 1 atom stereocenters. The summed E-state index contributed by atoms with van der Waals surface area (Å²) in [5.41, 5.74) is 6.24. The number of nitrogens with two attached hydrogens (primary N) is 1. The number of pyridine rings is 1. The van der Waals surface area contributed by atoms with Crippen LogP contribution in [0.25, 0.3) is 5.69 Å². The second-order valence-corrected chi connectivity index (χ2v) is 10.7. The van der Waals surface area contributed by atoms with Gasteiger partial charge in [0.15, 0.2) is 5.78 Å². The first-order chi connectivity index (χ1) is 20.2. The van der Waals surface area contributed by atoms with Gasteiger partial charge in [0.1, 0.15) is 23.0 Å². The minimum absolute atomic E-state index is 0.0147. The van der Waals surface area contributed by atoms with Gasteiger partial charge in [0.2, 0.25) is 0 Å². The number of aliphatic carboxylic acids is 1. The number of hydrogen-bond donors (Lipinski definition) is 3. The van der Waals surface area contributed by atoms with E-state index in [9.17, 15) is 28.3 Å². The Kier molecular flexibility index (Phi) is 8.31. The number of aromatic nitrogens is 1. The van der Waals surface area contributed by atoms with E-state index in [0.29, 0.717) is 18.2 Å².